The van der Waals surface area contributed by atoms with Gasteiger partial charge < -0.3 is 20.3 Å². The molecule has 0 unspecified atom stereocenters. The molecule has 0 spiro atoms. The lowest BCUT2D eigenvalue weighted by Gasteiger charge is -2.16. The van der Waals surface area contributed by atoms with Crippen LogP contribution in [0.4, 0.5) is 5.13 Å². The van der Waals surface area contributed by atoms with E-state index in [1.807, 2.05) is 7.05 Å². The van der Waals surface area contributed by atoms with Crippen molar-refractivity contribution in [3.05, 3.63) is 11.1 Å². The summed E-state index contributed by atoms with van der Waals surface area (Å²) < 4.78 is 6.02. The zero-order chi connectivity index (χ0) is 18.7. The molecule has 0 amide bonds. The highest BCUT2D eigenvalue weighted by atomic mass is 32.1. The number of hydrogen-bond acceptors (Lipinski definition) is 5. The number of rotatable bonds is 8. The number of hydrogen-bond donors (Lipinski definition) is 2. The topological polar surface area (TPSA) is 61.8 Å². The van der Waals surface area contributed by atoms with E-state index in [0.29, 0.717) is 6.10 Å². The summed E-state index contributed by atoms with van der Waals surface area (Å²) in [6.45, 7) is 4.70. The van der Waals surface area contributed by atoms with Crippen LogP contribution >= 0.6 is 11.3 Å². The lowest BCUT2D eigenvalue weighted by molar-refractivity contribution is 0.0468. The van der Waals surface area contributed by atoms with E-state index >= 15 is 0 Å². The van der Waals surface area contributed by atoms with Crippen LogP contribution < -0.4 is 15.5 Å². The van der Waals surface area contributed by atoms with Crippen LogP contribution in [0.25, 0.3) is 0 Å². The lowest BCUT2D eigenvalue weighted by Crippen LogP contribution is -2.40. The van der Waals surface area contributed by atoms with Gasteiger partial charge in [0.1, 0.15) is 0 Å². The van der Waals surface area contributed by atoms with Gasteiger partial charge in [-0.3, -0.25) is 4.99 Å². The molecule has 2 fully saturated rings. The third-order valence-electron chi connectivity index (χ3n) is 5.36. The molecule has 0 radical (unpaired) electrons. The first-order valence-corrected chi connectivity index (χ1v) is 11.5. The molecule has 1 aliphatic carbocycles. The van der Waals surface area contributed by atoms with Gasteiger partial charge in [0.25, 0.3) is 0 Å². The monoisotopic (exact) mass is 393 g/mol. The average molecular weight is 394 g/mol. The van der Waals surface area contributed by atoms with Crippen LogP contribution in [0, 0.1) is 0 Å². The molecule has 7 heteroatoms. The number of thiazole rings is 1. The number of guanidine groups is 1. The Hall–Kier alpha value is -1.34. The second-order valence-electron chi connectivity index (χ2n) is 7.48. The van der Waals surface area contributed by atoms with E-state index in [9.17, 15) is 0 Å². The van der Waals surface area contributed by atoms with Crippen molar-refractivity contribution >= 4 is 22.4 Å². The molecule has 2 heterocycles. The zero-order valence-corrected chi connectivity index (χ0v) is 17.5. The Morgan fingerprint density at radius 1 is 1.15 bits per heavy atom. The largest absolute Gasteiger partial charge is 0.376 e. The molecule has 2 aliphatic rings. The Bertz CT molecular complexity index is 562. The Morgan fingerprint density at radius 2 is 1.89 bits per heavy atom. The predicted molar refractivity (Wildman–Crippen MR) is 114 cm³/mol. The maximum absolute atomic E-state index is 6.02. The van der Waals surface area contributed by atoms with E-state index in [1.54, 1.807) is 11.3 Å². The van der Waals surface area contributed by atoms with Crippen LogP contribution in [0.15, 0.2) is 10.4 Å². The number of aromatic nitrogens is 1. The van der Waals surface area contributed by atoms with E-state index in [1.165, 1.54) is 62.2 Å². The number of nitrogens with zero attached hydrogens (tertiary/aromatic N) is 3. The lowest BCUT2D eigenvalue weighted by atomic mass is 10.1. The molecule has 152 valence electrons. The van der Waals surface area contributed by atoms with Crippen molar-refractivity contribution < 1.29 is 4.74 Å². The van der Waals surface area contributed by atoms with E-state index in [4.69, 9.17) is 9.72 Å². The molecule has 0 atom stereocenters. The maximum Gasteiger partial charge on any atom is 0.191 e. The number of nitrogens with one attached hydrogen (secondary N) is 2. The second kappa shape index (κ2) is 11.5. The highest BCUT2D eigenvalue weighted by Gasteiger charge is 2.15. The minimum Gasteiger partial charge on any atom is -0.376 e. The zero-order valence-electron chi connectivity index (χ0n) is 16.7. The summed E-state index contributed by atoms with van der Waals surface area (Å²) in [5, 5.41) is 10.1. The molecule has 2 N–H and O–H groups in total. The van der Waals surface area contributed by atoms with Crippen molar-refractivity contribution in [1.82, 2.24) is 15.6 Å². The molecule has 1 saturated carbocycles. The molecule has 6 nitrogen and oxygen atoms in total. The van der Waals surface area contributed by atoms with Crippen molar-refractivity contribution in [3.63, 3.8) is 0 Å². The molecule has 3 rings (SSSR count). The van der Waals surface area contributed by atoms with E-state index < -0.39 is 0 Å². The predicted octanol–water partition coefficient (Wildman–Crippen LogP) is 3.19. The molecular weight excluding hydrogens is 358 g/mol. The van der Waals surface area contributed by atoms with Gasteiger partial charge >= 0.3 is 0 Å². The summed E-state index contributed by atoms with van der Waals surface area (Å²) >= 11 is 1.77. The average Bonchev–Trinajstić information content (AvgIpc) is 3.31. The van der Waals surface area contributed by atoms with Crippen LogP contribution in [0.5, 0.6) is 0 Å². The van der Waals surface area contributed by atoms with Crippen molar-refractivity contribution in [1.29, 1.82) is 0 Å². The summed E-state index contributed by atoms with van der Waals surface area (Å²) in [5.41, 5.74) is 1.17. The van der Waals surface area contributed by atoms with Crippen LogP contribution in [-0.2, 0) is 11.2 Å². The molecule has 0 bridgehead atoms. The van der Waals surface area contributed by atoms with Crippen LogP contribution in [0.2, 0.25) is 0 Å². The first-order chi connectivity index (χ1) is 13.3. The van der Waals surface area contributed by atoms with Crippen molar-refractivity contribution in [3.8, 4) is 0 Å². The fourth-order valence-electron chi connectivity index (χ4n) is 3.80. The van der Waals surface area contributed by atoms with Gasteiger partial charge in [-0.05, 0) is 25.7 Å². The molecule has 1 aliphatic heterocycles. The number of ether oxygens (including phenoxy) is 1. The molecular formula is C20H35N5OS. The number of aliphatic imine (C=N–C) groups is 1. The van der Waals surface area contributed by atoms with Crippen LogP contribution in [0.1, 0.15) is 57.1 Å². The van der Waals surface area contributed by atoms with Crippen LogP contribution in [-0.4, -0.2) is 56.9 Å². The van der Waals surface area contributed by atoms with E-state index in [0.717, 1.165) is 45.2 Å². The summed E-state index contributed by atoms with van der Waals surface area (Å²) in [4.78, 5) is 11.5. The highest BCUT2D eigenvalue weighted by molar-refractivity contribution is 7.13. The minimum atomic E-state index is 0.457. The summed E-state index contributed by atoms with van der Waals surface area (Å²) in [7, 11) is 1.82. The Morgan fingerprint density at radius 3 is 2.63 bits per heavy atom. The van der Waals surface area contributed by atoms with Crippen molar-refractivity contribution in [2.24, 2.45) is 4.99 Å². The maximum atomic E-state index is 6.02. The van der Waals surface area contributed by atoms with Gasteiger partial charge in [0.05, 0.1) is 18.4 Å². The Balaban J connectivity index is 1.28. The minimum absolute atomic E-state index is 0.457. The molecule has 27 heavy (non-hydrogen) atoms. The standard InChI is InChI=1S/C20H35N5OS/c1-21-19(23-12-15-26-18-8-4-2-3-5-9-18)22-11-10-17-16-27-20(24-17)25-13-6-7-14-25/h16,18H,2-15H2,1H3,(H2,21,22,23). The van der Waals surface area contributed by atoms with E-state index in [2.05, 4.69) is 25.9 Å². The normalized spacial score (nSPS) is 19.3. The SMILES string of the molecule is CN=C(NCCOC1CCCCCC1)NCCc1csc(N2CCCC2)n1. The fraction of sp³-hybridized carbons (Fsp3) is 0.800. The third kappa shape index (κ3) is 6.96. The van der Waals surface area contributed by atoms with Crippen molar-refractivity contribution in [2.75, 3.05) is 44.7 Å². The summed E-state index contributed by atoms with van der Waals surface area (Å²) in [6.07, 6.45) is 11.8. The summed E-state index contributed by atoms with van der Waals surface area (Å²) in [5.74, 6) is 0.842. The van der Waals surface area contributed by atoms with Gasteiger partial charge in [-0.15, -0.1) is 11.3 Å². The molecule has 1 aromatic heterocycles. The molecule has 0 aromatic carbocycles. The molecule has 1 saturated heterocycles. The van der Waals surface area contributed by atoms with Crippen molar-refractivity contribution in [2.45, 2.75) is 63.9 Å². The summed E-state index contributed by atoms with van der Waals surface area (Å²) in [6, 6.07) is 0. The smallest absolute Gasteiger partial charge is 0.191 e. The quantitative estimate of drug-likeness (QED) is 0.307. The van der Waals surface area contributed by atoms with Gasteiger partial charge in [-0.2, -0.15) is 0 Å². The first-order valence-electron chi connectivity index (χ1n) is 10.6. The van der Waals surface area contributed by atoms with Crippen LogP contribution in [0.3, 0.4) is 0 Å². The van der Waals surface area contributed by atoms with Gasteiger partial charge in [-0.1, -0.05) is 25.7 Å². The fourth-order valence-corrected chi connectivity index (χ4v) is 4.71. The first kappa shape index (κ1) is 20.4. The van der Waals surface area contributed by atoms with Gasteiger partial charge in [-0.25, -0.2) is 4.98 Å². The van der Waals surface area contributed by atoms with E-state index in [-0.39, 0.29) is 0 Å². The molecule has 1 aromatic rings. The van der Waals surface area contributed by atoms with Gasteiger partial charge in [0.15, 0.2) is 11.1 Å². The highest BCUT2D eigenvalue weighted by Crippen LogP contribution is 2.24. The Labute approximate surface area is 167 Å². The second-order valence-corrected chi connectivity index (χ2v) is 8.31. The Kier molecular flexibility index (Phi) is 8.68. The number of anilines is 1. The third-order valence-corrected chi connectivity index (χ3v) is 6.31. The van der Waals surface area contributed by atoms with Gasteiger partial charge in [0.2, 0.25) is 0 Å². The van der Waals surface area contributed by atoms with Gasteiger partial charge in [0, 0.05) is 45.0 Å².